The molecule has 3 rings (SSSR count). The fourth-order valence-electron chi connectivity index (χ4n) is 3.31. The summed E-state index contributed by atoms with van der Waals surface area (Å²) < 4.78 is 23.6. The van der Waals surface area contributed by atoms with Crippen LogP contribution in [0, 0.1) is 5.82 Å². The highest BCUT2D eigenvalue weighted by Crippen LogP contribution is 2.21. The van der Waals surface area contributed by atoms with Gasteiger partial charge in [-0.25, -0.2) is 9.18 Å². The Labute approximate surface area is 157 Å². The molecule has 0 aliphatic carbocycles. The van der Waals surface area contributed by atoms with Crippen molar-refractivity contribution in [2.24, 2.45) is 0 Å². The van der Waals surface area contributed by atoms with Crippen LogP contribution in [0.3, 0.4) is 0 Å². The van der Waals surface area contributed by atoms with E-state index in [-0.39, 0.29) is 35.8 Å². The summed E-state index contributed by atoms with van der Waals surface area (Å²) >= 11 is 0. The molecular formula is C18H24FN5O3. The van der Waals surface area contributed by atoms with Crippen LogP contribution in [0.25, 0.3) is 11.5 Å². The quantitative estimate of drug-likeness (QED) is 0.862. The molecule has 0 unspecified atom stereocenters. The highest BCUT2D eigenvalue weighted by atomic mass is 19.1. The van der Waals surface area contributed by atoms with Gasteiger partial charge in [0, 0.05) is 44.4 Å². The third kappa shape index (κ3) is 4.61. The zero-order chi connectivity index (χ0) is 19.4. The number of aromatic nitrogens is 2. The van der Waals surface area contributed by atoms with Gasteiger partial charge in [-0.05, 0) is 38.1 Å². The van der Waals surface area contributed by atoms with E-state index in [1.807, 2.05) is 0 Å². The van der Waals surface area contributed by atoms with Gasteiger partial charge in [0.1, 0.15) is 5.82 Å². The summed E-state index contributed by atoms with van der Waals surface area (Å²) in [6.45, 7) is 6.86. The Morgan fingerprint density at radius 3 is 2.56 bits per heavy atom. The predicted octanol–water partition coefficient (Wildman–Crippen LogP) is 2.45. The minimum absolute atomic E-state index is 0.0152. The lowest BCUT2D eigenvalue weighted by molar-refractivity contribution is 0.0372. The Bertz CT molecular complexity index is 755. The van der Waals surface area contributed by atoms with E-state index in [4.69, 9.17) is 9.15 Å². The number of rotatable bonds is 5. The molecule has 2 atom stereocenters. The number of methoxy groups -OCH3 is 1. The van der Waals surface area contributed by atoms with Gasteiger partial charge in [-0.15, -0.1) is 5.10 Å². The average Bonchev–Trinajstić information content (AvgIpc) is 3.10. The van der Waals surface area contributed by atoms with Gasteiger partial charge < -0.3 is 14.1 Å². The predicted molar refractivity (Wildman–Crippen MR) is 97.8 cm³/mol. The second kappa shape index (κ2) is 8.45. The standard InChI is InChI=1S/C18H24FN5O3/c1-12-10-23(11-13(2)24(12)8-9-26-3)18(25)20-17-22-21-16(27-17)14-4-6-15(19)7-5-14/h4-7,12-13H,8-11H2,1-3H3,(H,20,22,25)/t12-,13+. The normalized spacial score (nSPS) is 20.7. The van der Waals surface area contributed by atoms with Crippen molar-refractivity contribution in [2.75, 3.05) is 38.7 Å². The number of hydrogen-bond acceptors (Lipinski definition) is 6. The van der Waals surface area contributed by atoms with Gasteiger partial charge in [-0.3, -0.25) is 10.2 Å². The van der Waals surface area contributed by atoms with E-state index in [2.05, 4.69) is 34.3 Å². The number of amides is 2. The van der Waals surface area contributed by atoms with Crippen LogP contribution in [0.4, 0.5) is 15.2 Å². The molecule has 8 nitrogen and oxygen atoms in total. The van der Waals surface area contributed by atoms with E-state index >= 15 is 0 Å². The maximum absolute atomic E-state index is 13.0. The molecule has 1 aliphatic rings. The molecule has 9 heteroatoms. The zero-order valence-corrected chi connectivity index (χ0v) is 15.7. The maximum Gasteiger partial charge on any atom is 0.325 e. The number of piperazine rings is 1. The monoisotopic (exact) mass is 377 g/mol. The molecule has 1 fully saturated rings. The van der Waals surface area contributed by atoms with Crippen molar-refractivity contribution >= 4 is 12.0 Å². The second-order valence-electron chi connectivity index (χ2n) is 6.68. The summed E-state index contributed by atoms with van der Waals surface area (Å²) in [5, 5.41) is 10.4. The summed E-state index contributed by atoms with van der Waals surface area (Å²) in [5.41, 5.74) is 0.582. The van der Waals surface area contributed by atoms with Crippen LogP contribution in [0.5, 0.6) is 0 Å². The van der Waals surface area contributed by atoms with Crippen molar-refractivity contribution in [1.29, 1.82) is 0 Å². The van der Waals surface area contributed by atoms with Crippen molar-refractivity contribution in [3.8, 4) is 11.5 Å². The first-order valence-corrected chi connectivity index (χ1v) is 8.88. The molecule has 2 heterocycles. The SMILES string of the molecule is COCCN1[C@H](C)CN(C(=O)Nc2nnc(-c3ccc(F)cc3)o2)C[C@@H]1C. The number of benzene rings is 1. The van der Waals surface area contributed by atoms with Gasteiger partial charge in [0.2, 0.25) is 5.89 Å². The second-order valence-corrected chi connectivity index (χ2v) is 6.68. The van der Waals surface area contributed by atoms with Crippen molar-refractivity contribution in [3.63, 3.8) is 0 Å². The summed E-state index contributed by atoms with van der Waals surface area (Å²) in [4.78, 5) is 16.6. The molecule has 1 saturated heterocycles. The van der Waals surface area contributed by atoms with E-state index in [1.54, 1.807) is 12.0 Å². The van der Waals surface area contributed by atoms with Gasteiger partial charge in [0.25, 0.3) is 0 Å². The number of hydrogen-bond donors (Lipinski definition) is 1. The third-order valence-electron chi connectivity index (χ3n) is 4.67. The number of carbonyl (C=O) groups is 1. The Morgan fingerprint density at radius 2 is 1.93 bits per heavy atom. The lowest BCUT2D eigenvalue weighted by Gasteiger charge is -2.44. The summed E-state index contributed by atoms with van der Waals surface area (Å²) in [7, 11) is 1.68. The Balaban J connectivity index is 1.60. The van der Waals surface area contributed by atoms with Crippen LogP contribution in [0.15, 0.2) is 28.7 Å². The van der Waals surface area contributed by atoms with E-state index in [0.717, 1.165) is 6.54 Å². The average molecular weight is 377 g/mol. The van der Waals surface area contributed by atoms with Gasteiger partial charge in [0.15, 0.2) is 0 Å². The van der Waals surface area contributed by atoms with Gasteiger partial charge in [-0.2, -0.15) is 0 Å². The van der Waals surface area contributed by atoms with Crippen LogP contribution in [0.2, 0.25) is 0 Å². The van der Waals surface area contributed by atoms with Crippen LogP contribution in [-0.2, 0) is 4.74 Å². The Morgan fingerprint density at radius 1 is 1.26 bits per heavy atom. The van der Waals surface area contributed by atoms with Crippen molar-refractivity contribution in [2.45, 2.75) is 25.9 Å². The minimum Gasteiger partial charge on any atom is -0.403 e. The van der Waals surface area contributed by atoms with Gasteiger partial charge in [-0.1, -0.05) is 5.10 Å². The van der Waals surface area contributed by atoms with E-state index in [0.29, 0.717) is 25.3 Å². The number of carbonyl (C=O) groups excluding carboxylic acids is 1. The van der Waals surface area contributed by atoms with Crippen molar-refractivity contribution in [1.82, 2.24) is 20.0 Å². The lowest BCUT2D eigenvalue weighted by Crippen LogP contribution is -2.59. The third-order valence-corrected chi connectivity index (χ3v) is 4.67. The summed E-state index contributed by atoms with van der Waals surface area (Å²) in [5.74, 6) is -0.129. The molecule has 0 bridgehead atoms. The highest BCUT2D eigenvalue weighted by molar-refractivity contribution is 5.87. The molecule has 0 saturated carbocycles. The molecule has 27 heavy (non-hydrogen) atoms. The van der Waals surface area contributed by atoms with E-state index in [1.165, 1.54) is 24.3 Å². The van der Waals surface area contributed by atoms with Crippen molar-refractivity contribution < 1.29 is 18.3 Å². The smallest absolute Gasteiger partial charge is 0.325 e. The molecule has 1 aromatic carbocycles. The zero-order valence-electron chi connectivity index (χ0n) is 15.7. The summed E-state index contributed by atoms with van der Waals surface area (Å²) in [6, 6.07) is 5.86. The molecule has 1 aromatic heterocycles. The largest absolute Gasteiger partial charge is 0.403 e. The van der Waals surface area contributed by atoms with Gasteiger partial charge in [0.05, 0.1) is 6.61 Å². The minimum atomic E-state index is -0.348. The first-order valence-electron chi connectivity index (χ1n) is 8.88. The Hall–Kier alpha value is -2.52. The molecule has 1 aliphatic heterocycles. The molecule has 2 amide bonds. The van der Waals surface area contributed by atoms with E-state index in [9.17, 15) is 9.18 Å². The number of ether oxygens (including phenoxy) is 1. The van der Waals surface area contributed by atoms with Crippen LogP contribution in [0.1, 0.15) is 13.8 Å². The molecule has 2 aromatic rings. The first-order chi connectivity index (χ1) is 13.0. The van der Waals surface area contributed by atoms with Crippen LogP contribution in [-0.4, -0.2) is 71.5 Å². The number of nitrogens with one attached hydrogen (secondary N) is 1. The molecule has 1 N–H and O–H groups in total. The highest BCUT2D eigenvalue weighted by Gasteiger charge is 2.32. The number of halogens is 1. The van der Waals surface area contributed by atoms with Gasteiger partial charge >= 0.3 is 12.0 Å². The first kappa shape index (κ1) is 19.2. The molecule has 146 valence electrons. The molecular weight excluding hydrogens is 353 g/mol. The topological polar surface area (TPSA) is 83.7 Å². The molecule has 0 radical (unpaired) electrons. The fourth-order valence-corrected chi connectivity index (χ4v) is 3.31. The lowest BCUT2D eigenvalue weighted by atomic mass is 10.1. The van der Waals surface area contributed by atoms with E-state index < -0.39 is 0 Å². The summed E-state index contributed by atoms with van der Waals surface area (Å²) in [6.07, 6.45) is 0. The Kier molecular flexibility index (Phi) is 6.02. The number of urea groups is 1. The number of anilines is 1. The molecule has 0 spiro atoms. The van der Waals surface area contributed by atoms with Crippen LogP contribution < -0.4 is 5.32 Å². The fraction of sp³-hybridized carbons (Fsp3) is 0.500. The van der Waals surface area contributed by atoms with Crippen LogP contribution >= 0.6 is 0 Å². The number of nitrogens with zero attached hydrogens (tertiary/aromatic N) is 4. The maximum atomic E-state index is 13.0. The van der Waals surface area contributed by atoms with Crippen molar-refractivity contribution in [3.05, 3.63) is 30.1 Å².